The van der Waals surface area contributed by atoms with Gasteiger partial charge in [-0.1, -0.05) is 0 Å². The Morgan fingerprint density at radius 3 is 2.72 bits per heavy atom. The second-order valence-electron chi connectivity index (χ2n) is 5.77. The summed E-state index contributed by atoms with van der Waals surface area (Å²) in [4.78, 5) is 16.5. The van der Waals surface area contributed by atoms with Crippen molar-refractivity contribution in [3.8, 4) is 0 Å². The van der Waals surface area contributed by atoms with Crippen molar-refractivity contribution in [2.24, 2.45) is 5.92 Å². The van der Waals surface area contributed by atoms with E-state index >= 15 is 0 Å². The van der Waals surface area contributed by atoms with Crippen molar-refractivity contribution in [1.82, 2.24) is 20.4 Å². The van der Waals surface area contributed by atoms with Crippen molar-refractivity contribution in [2.75, 3.05) is 53.4 Å². The van der Waals surface area contributed by atoms with Crippen molar-refractivity contribution < 1.29 is 4.79 Å². The molecule has 0 aromatic rings. The number of likely N-dealkylation sites (tertiary alicyclic amines) is 1. The summed E-state index contributed by atoms with van der Waals surface area (Å²) >= 11 is 0. The SMILES string of the molecule is CN1CCC(CCNC(=O)C2CN(C)CCN2)C1. The van der Waals surface area contributed by atoms with Crippen LogP contribution in [-0.2, 0) is 4.79 Å². The molecule has 2 heterocycles. The maximum atomic E-state index is 12.0. The lowest BCUT2D eigenvalue weighted by molar-refractivity contribution is -0.124. The lowest BCUT2D eigenvalue weighted by Crippen LogP contribution is -2.56. The monoisotopic (exact) mass is 254 g/mol. The van der Waals surface area contributed by atoms with E-state index in [4.69, 9.17) is 0 Å². The topological polar surface area (TPSA) is 47.6 Å². The van der Waals surface area contributed by atoms with Crippen LogP contribution in [0, 0.1) is 5.92 Å². The first-order chi connectivity index (χ1) is 8.65. The molecule has 1 amide bonds. The van der Waals surface area contributed by atoms with Crippen LogP contribution >= 0.6 is 0 Å². The minimum Gasteiger partial charge on any atom is -0.355 e. The summed E-state index contributed by atoms with van der Waals surface area (Å²) in [6.45, 7) is 5.95. The fourth-order valence-corrected chi connectivity index (χ4v) is 2.86. The molecule has 104 valence electrons. The Kier molecular flexibility index (Phi) is 4.97. The highest BCUT2D eigenvalue weighted by molar-refractivity contribution is 5.82. The van der Waals surface area contributed by atoms with Gasteiger partial charge >= 0.3 is 0 Å². The summed E-state index contributed by atoms with van der Waals surface area (Å²) in [6.07, 6.45) is 2.38. The third kappa shape index (κ3) is 3.93. The molecule has 0 aromatic carbocycles. The number of likely N-dealkylation sites (N-methyl/N-ethyl adjacent to an activating group) is 1. The van der Waals surface area contributed by atoms with Crippen LogP contribution in [0.4, 0.5) is 0 Å². The van der Waals surface area contributed by atoms with Gasteiger partial charge in [-0.05, 0) is 39.4 Å². The Morgan fingerprint density at radius 2 is 2.06 bits per heavy atom. The van der Waals surface area contributed by atoms with Gasteiger partial charge in [0, 0.05) is 32.7 Å². The second kappa shape index (κ2) is 6.50. The minimum atomic E-state index is -0.0324. The van der Waals surface area contributed by atoms with E-state index in [1.165, 1.54) is 19.5 Å². The lowest BCUT2D eigenvalue weighted by Gasteiger charge is -2.30. The molecular formula is C13H26N4O. The fourth-order valence-electron chi connectivity index (χ4n) is 2.86. The molecular weight excluding hydrogens is 228 g/mol. The summed E-state index contributed by atoms with van der Waals surface area (Å²) in [6, 6.07) is -0.0324. The largest absolute Gasteiger partial charge is 0.355 e. The van der Waals surface area contributed by atoms with Gasteiger partial charge in [0.25, 0.3) is 0 Å². The maximum absolute atomic E-state index is 12.0. The first-order valence-corrected chi connectivity index (χ1v) is 7.03. The average Bonchev–Trinajstić information content (AvgIpc) is 2.75. The molecule has 18 heavy (non-hydrogen) atoms. The third-order valence-corrected chi connectivity index (χ3v) is 4.04. The number of hydrogen-bond acceptors (Lipinski definition) is 4. The fraction of sp³-hybridized carbons (Fsp3) is 0.923. The molecule has 0 spiro atoms. The van der Waals surface area contributed by atoms with Gasteiger partial charge in [-0.25, -0.2) is 0 Å². The van der Waals surface area contributed by atoms with E-state index in [1.54, 1.807) is 0 Å². The van der Waals surface area contributed by atoms with Gasteiger partial charge in [-0.15, -0.1) is 0 Å². The molecule has 2 fully saturated rings. The number of nitrogens with one attached hydrogen (secondary N) is 2. The smallest absolute Gasteiger partial charge is 0.238 e. The van der Waals surface area contributed by atoms with Crippen molar-refractivity contribution in [2.45, 2.75) is 18.9 Å². The molecule has 0 aromatic heterocycles. The Labute approximate surface area is 110 Å². The number of amides is 1. The van der Waals surface area contributed by atoms with Crippen LogP contribution in [0.5, 0.6) is 0 Å². The predicted molar refractivity (Wildman–Crippen MR) is 72.5 cm³/mol. The van der Waals surface area contributed by atoms with Crippen LogP contribution in [-0.4, -0.2) is 75.1 Å². The van der Waals surface area contributed by atoms with Gasteiger partial charge in [0.1, 0.15) is 0 Å². The van der Waals surface area contributed by atoms with E-state index in [-0.39, 0.29) is 11.9 Å². The molecule has 2 saturated heterocycles. The number of piperazine rings is 1. The highest BCUT2D eigenvalue weighted by Gasteiger charge is 2.24. The van der Waals surface area contributed by atoms with Crippen molar-refractivity contribution in [1.29, 1.82) is 0 Å². The van der Waals surface area contributed by atoms with Crippen LogP contribution in [0.1, 0.15) is 12.8 Å². The Balaban J connectivity index is 1.62. The quantitative estimate of drug-likeness (QED) is 0.700. The summed E-state index contributed by atoms with van der Waals surface area (Å²) in [5.74, 6) is 0.921. The van der Waals surface area contributed by atoms with Crippen molar-refractivity contribution >= 4 is 5.91 Å². The van der Waals surface area contributed by atoms with E-state index in [9.17, 15) is 4.79 Å². The normalized spacial score (nSPS) is 30.6. The molecule has 2 N–H and O–H groups in total. The predicted octanol–water partition coefficient (Wildman–Crippen LogP) is -0.652. The molecule has 2 aliphatic rings. The third-order valence-electron chi connectivity index (χ3n) is 4.04. The van der Waals surface area contributed by atoms with Gasteiger partial charge in [-0.3, -0.25) is 4.79 Å². The van der Waals surface area contributed by atoms with Crippen molar-refractivity contribution in [3.63, 3.8) is 0 Å². The van der Waals surface area contributed by atoms with Crippen LogP contribution in [0.15, 0.2) is 0 Å². The van der Waals surface area contributed by atoms with Crippen LogP contribution < -0.4 is 10.6 Å². The summed E-state index contributed by atoms with van der Waals surface area (Å²) < 4.78 is 0. The van der Waals surface area contributed by atoms with Gasteiger partial charge in [0.15, 0.2) is 0 Å². The molecule has 5 heteroatoms. The van der Waals surface area contributed by atoms with E-state index in [0.29, 0.717) is 0 Å². The van der Waals surface area contributed by atoms with Crippen LogP contribution in [0.3, 0.4) is 0 Å². The molecule has 0 radical (unpaired) electrons. The standard InChI is InChI=1S/C13H26N4O/c1-16-7-4-11(9-16)3-5-15-13(18)12-10-17(2)8-6-14-12/h11-12,14H,3-10H2,1-2H3,(H,15,18). The van der Waals surface area contributed by atoms with Crippen LogP contribution in [0.2, 0.25) is 0 Å². The molecule has 2 rings (SSSR count). The summed E-state index contributed by atoms with van der Waals surface area (Å²) in [5, 5.41) is 6.34. The number of rotatable bonds is 4. The Hall–Kier alpha value is -0.650. The molecule has 2 atom stereocenters. The van der Waals surface area contributed by atoms with E-state index in [0.717, 1.165) is 38.5 Å². The minimum absolute atomic E-state index is 0.0324. The van der Waals surface area contributed by atoms with Gasteiger partial charge < -0.3 is 20.4 Å². The molecule has 5 nitrogen and oxygen atoms in total. The Morgan fingerprint density at radius 1 is 1.28 bits per heavy atom. The highest BCUT2D eigenvalue weighted by atomic mass is 16.2. The first-order valence-electron chi connectivity index (χ1n) is 7.03. The van der Waals surface area contributed by atoms with Gasteiger partial charge in [0.05, 0.1) is 6.04 Å². The van der Waals surface area contributed by atoms with E-state index < -0.39 is 0 Å². The number of hydrogen-bond donors (Lipinski definition) is 2. The molecule has 0 aliphatic carbocycles. The first kappa shape index (κ1) is 13.8. The van der Waals surface area contributed by atoms with E-state index in [2.05, 4.69) is 34.5 Å². The number of carbonyl (C=O) groups is 1. The van der Waals surface area contributed by atoms with Gasteiger partial charge in [0.2, 0.25) is 5.91 Å². The van der Waals surface area contributed by atoms with Gasteiger partial charge in [-0.2, -0.15) is 0 Å². The lowest BCUT2D eigenvalue weighted by atomic mass is 10.1. The zero-order chi connectivity index (χ0) is 13.0. The maximum Gasteiger partial charge on any atom is 0.238 e. The van der Waals surface area contributed by atoms with Crippen molar-refractivity contribution in [3.05, 3.63) is 0 Å². The molecule has 0 bridgehead atoms. The molecule has 0 saturated carbocycles. The van der Waals surface area contributed by atoms with E-state index in [1.807, 2.05) is 0 Å². The second-order valence-corrected chi connectivity index (χ2v) is 5.77. The molecule has 2 aliphatic heterocycles. The zero-order valence-corrected chi connectivity index (χ0v) is 11.6. The molecule has 2 unspecified atom stereocenters. The summed E-state index contributed by atoms with van der Waals surface area (Å²) in [7, 11) is 4.23. The summed E-state index contributed by atoms with van der Waals surface area (Å²) in [5.41, 5.74) is 0. The Bertz CT molecular complexity index is 284. The van der Waals surface area contributed by atoms with Crippen LogP contribution in [0.25, 0.3) is 0 Å². The highest BCUT2D eigenvalue weighted by Crippen LogP contribution is 2.16. The zero-order valence-electron chi connectivity index (χ0n) is 11.6. The number of carbonyl (C=O) groups excluding carboxylic acids is 1. The number of nitrogens with zero attached hydrogens (tertiary/aromatic N) is 2. The average molecular weight is 254 g/mol.